The summed E-state index contributed by atoms with van der Waals surface area (Å²) in [5.41, 5.74) is 6.76. The number of methoxy groups -OCH3 is 2. The van der Waals surface area contributed by atoms with Crippen LogP contribution in [0.4, 0.5) is 5.82 Å². The van der Waals surface area contributed by atoms with Crippen molar-refractivity contribution >= 4 is 28.4 Å². The summed E-state index contributed by atoms with van der Waals surface area (Å²) in [4.78, 5) is 0. The van der Waals surface area contributed by atoms with Crippen LogP contribution < -0.4 is 15.2 Å². The van der Waals surface area contributed by atoms with E-state index in [0.717, 1.165) is 39.2 Å². The van der Waals surface area contributed by atoms with E-state index < -0.39 is 0 Å². The Morgan fingerprint density at radius 1 is 1.16 bits per heavy atom. The number of aryl methyl sites for hydroxylation is 2. The van der Waals surface area contributed by atoms with E-state index in [1.807, 2.05) is 18.2 Å². The zero-order valence-electron chi connectivity index (χ0n) is 10.8. The topological polar surface area (TPSA) is 70.5 Å². The largest absolute Gasteiger partial charge is 0.497 e. The normalized spacial score (nSPS) is 10.5. The van der Waals surface area contributed by atoms with E-state index in [1.165, 1.54) is 0 Å². The first-order valence-electron chi connectivity index (χ1n) is 5.75. The second kappa shape index (κ2) is 6.14. The maximum Gasteiger partial charge on any atom is 0.180 e. The summed E-state index contributed by atoms with van der Waals surface area (Å²) in [5, 5.41) is 3.74. The van der Waals surface area contributed by atoms with Crippen molar-refractivity contribution in [3.05, 3.63) is 33.1 Å². The van der Waals surface area contributed by atoms with Gasteiger partial charge in [0, 0.05) is 12.5 Å². The fraction of sp³-hybridized carbons (Fsp3) is 0.308. The Balaban J connectivity index is 2.12. The fourth-order valence-electron chi connectivity index (χ4n) is 1.75. The summed E-state index contributed by atoms with van der Waals surface area (Å²) in [6.07, 6.45) is 1.54. The minimum atomic E-state index is 0.443. The van der Waals surface area contributed by atoms with Crippen LogP contribution in [0.15, 0.2) is 22.7 Å². The molecule has 2 aromatic rings. The average molecular weight is 374 g/mol. The van der Waals surface area contributed by atoms with Crippen molar-refractivity contribution in [2.45, 2.75) is 12.8 Å². The molecule has 19 heavy (non-hydrogen) atoms. The van der Waals surface area contributed by atoms with E-state index >= 15 is 0 Å². The molecule has 0 saturated carbocycles. The van der Waals surface area contributed by atoms with Crippen molar-refractivity contribution in [2.75, 3.05) is 20.0 Å². The predicted octanol–water partition coefficient (Wildman–Crippen LogP) is 2.66. The monoisotopic (exact) mass is 374 g/mol. The molecule has 0 saturated heterocycles. The number of hydrogen-bond acceptors (Lipinski definition) is 5. The highest BCUT2D eigenvalue weighted by Gasteiger charge is 2.11. The first-order chi connectivity index (χ1) is 9.13. The lowest BCUT2D eigenvalue weighted by atomic mass is 10.1. The molecule has 0 aliphatic rings. The number of anilines is 1. The van der Waals surface area contributed by atoms with E-state index in [2.05, 4.69) is 27.7 Å². The first kappa shape index (κ1) is 14.0. The molecule has 1 aromatic heterocycles. The lowest BCUT2D eigenvalue weighted by molar-refractivity contribution is 0.383. The molecule has 0 amide bonds. The number of nitrogens with zero attached hydrogens (tertiary/aromatic N) is 1. The molecule has 0 atom stereocenters. The van der Waals surface area contributed by atoms with Crippen LogP contribution in [-0.2, 0) is 12.8 Å². The van der Waals surface area contributed by atoms with Gasteiger partial charge in [-0.2, -0.15) is 0 Å². The Morgan fingerprint density at radius 2 is 1.79 bits per heavy atom. The second-order valence-electron chi connectivity index (χ2n) is 4.03. The molecule has 5 nitrogen and oxygen atoms in total. The number of ether oxygens (including phenoxy) is 2. The average Bonchev–Trinajstić information content (AvgIpc) is 2.76. The zero-order valence-corrected chi connectivity index (χ0v) is 12.9. The maximum absolute atomic E-state index is 5.65. The van der Waals surface area contributed by atoms with Crippen LogP contribution >= 0.6 is 22.6 Å². The Labute approximate surface area is 125 Å². The summed E-state index contributed by atoms with van der Waals surface area (Å²) in [6.45, 7) is 0. The zero-order chi connectivity index (χ0) is 13.8. The van der Waals surface area contributed by atoms with E-state index in [0.29, 0.717) is 5.82 Å². The Bertz CT molecular complexity index is 547. The number of rotatable bonds is 5. The molecule has 0 aliphatic heterocycles. The molecular formula is C13H15IN2O3. The molecule has 1 heterocycles. The molecule has 0 spiro atoms. The lowest BCUT2D eigenvalue weighted by Gasteiger charge is -2.07. The molecule has 0 bridgehead atoms. The summed E-state index contributed by atoms with van der Waals surface area (Å²) in [6, 6.07) is 5.81. The molecule has 0 unspecified atom stereocenters. The predicted molar refractivity (Wildman–Crippen MR) is 80.6 cm³/mol. The van der Waals surface area contributed by atoms with Gasteiger partial charge >= 0.3 is 0 Å². The van der Waals surface area contributed by atoms with Crippen molar-refractivity contribution in [3.8, 4) is 11.5 Å². The molecule has 6 heteroatoms. The SMILES string of the molecule is COc1cc(CCc2onc(N)c2I)cc(OC)c1. The Hall–Kier alpha value is -1.44. The molecule has 2 N–H and O–H groups in total. The van der Waals surface area contributed by atoms with Gasteiger partial charge in [0.05, 0.1) is 17.8 Å². The van der Waals surface area contributed by atoms with Crippen LogP contribution in [0.5, 0.6) is 11.5 Å². The van der Waals surface area contributed by atoms with Crippen LogP contribution in [0.1, 0.15) is 11.3 Å². The molecule has 0 radical (unpaired) electrons. The van der Waals surface area contributed by atoms with Crippen LogP contribution in [0, 0.1) is 3.57 Å². The van der Waals surface area contributed by atoms with Crippen molar-refractivity contribution in [1.29, 1.82) is 0 Å². The molecule has 102 valence electrons. The van der Waals surface area contributed by atoms with E-state index in [4.69, 9.17) is 19.7 Å². The van der Waals surface area contributed by atoms with Gasteiger partial charge in [0.25, 0.3) is 0 Å². The quantitative estimate of drug-likeness (QED) is 0.815. The third-order valence-corrected chi connectivity index (χ3v) is 3.93. The standard InChI is InChI=1S/C13H15IN2O3/c1-17-9-5-8(6-10(7-9)18-2)3-4-11-12(14)13(15)16-19-11/h5-7H,3-4H2,1-2H3,(H2,15,16). The molecular weight excluding hydrogens is 359 g/mol. The van der Waals surface area contributed by atoms with Gasteiger partial charge in [0.1, 0.15) is 11.5 Å². The van der Waals surface area contributed by atoms with E-state index in [-0.39, 0.29) is 0 Å². The first-order valence-corrected chi connectivity index (χ1v) is 6.83. The minimum absolute atomic E-state index is 0.443. The Kier molecular flexibility index (Phi) is 4.52. The molecule has 0 fully saturated rings. The van der Waals surface area contributed by atoms with Gasteiger partial charge in [0.2, 0.25) is 0 Å². The third-order valence-electron chi connectivity index (χ3n) is 2.78. The summed E-state index contributed by atoms with van der Waals surface area (Å²) < 4.78 is 16.5. The van der Waals surface area contributed by atoms with E-state index in [1.54, 1.807) is 14.2 Å². The second-order valence-corrected chi connectivity index (χ2v) is 5.10. The summed E-state index contributed by atoms with van der Waals surface area (Å²) in [7, 11) is 3.28. The van der Waals surface area contributed by atoms with Gasteiger partial charge in [-0.15, -0.1) is 0 Å². The van der Waals surface area contributed by atoms with Crippen LogP contribution in [0.2, 0.25) is 0 Å². The Morgan fingerprint density at radius 3 is 2.26 bits per heavy atom. The highest BCUT2D eigenvalue weighted by molar-refractivity contribution is 14.1. The maximum atomic E-state index is 5.65. The van der Waals surface area contributed by atoms with Gasteiger partial charge in [-0.25, -0.2) is 0 Å². The van der Waals surface area contributed by atoms with Crippen LogP contribution in [0.3, 0.4) is 0 Å². The lowest BCUT2D eigenvalue weighted by Crippen LogP contribution is -1.95. The van der Waals surface area contributed by atoms with Gasteiger partial charge in [-0.1, -0.05) is 5.16 Å². The van der Waals surface area contributed by atoms with Gasteiger partial charge in [-0.05, 0) is 46.7 Å². The number of benzene rings is 1. The van der Waals surface area contributed by atoms with Crippen LogP contribution in [0.25, 0.3) is 0 Å². The van der Waals surface area contributed by atoms with Crippen LogP contribution in [-0.4, -0.2) is 19.4 Å². The molecule has 2 rings (SSSR count). The number of nitrogens with two attached hydrogens (primary N) is 1. The number of hydrogen-bond donors (Lipinski definition) is 1. The molecule has 1 aromatic carbocycles. The number of halogens is 1. The molecule has 0 aliphatic carbocycles. The van der Waals surface area contributed by atoms with Gasteiger partial charge in [-0.3, -0.25) is 0 Å². The van der Waals surface area contributed by atoms with Crippen molar-refractivity contribution in [1.82, 2.24) is 5.16 Å². The van der Waals surface area contributed by atoms with E-state index in [9.17, 15) is 0 Å². The fourth-order valence-corrected chi connectivity index (χ4v) is 2.22. The highest BCUT2D eigenvalue weighted by atomic mass is 127. The van der Waals surface area contributed by atoms with Crippen molar-refractivity contribution < 1.29 is 14.0 Å². The summed E-state index contributed by atoms with van der Waals surface area (Å²) in [5.74, 6) is 2.81. The summed E-state index contributed by atoms with van der Waals surface area (Å²) >= 11 is 2.14. The van der Waals surface area contributed by atoms with Crippen molar-refractivity contribution in [2.24, 2.45) is 0 Å². The smallest absolute Gasteiger partial charge is 0.180 e. The minimum Gasteiger partial charge on any atom is -0.497 e. The highest BCUT2D eigenvalue weighted by Crippen LogP contribution is 2.25. The van der Waals surface area contributed by atoms with Gasteiger partial charge < -0.3 is 19.7 Å². The number of aromatic nitrogens is 1. The third kappa shape index (κ3) is 3.31. The van der Waals surface area contributed by atoms with Crippen molar-refractivity contribution in [3.63, 3.8) is 0 Å². The van der Waals surface area contributed by atoms with Gasteiger partial charge in [0.15, 0.2) is 11.6 Å². The number of nitrogen functional groups attached to an aromatic ring is 1.